The zero-order chi connectivity index (χ0) is 17.3. The van der Waals surface area contributed by atoms with Crippen LogP contribution in [0.2, 0.25) is 0 Å². The fraction of sp³-hybridized carbons (Fsp3) is 0.824. The van der Waals surface area contributed by atoms with Gasteiger partial charge in [-0.1, -0.05) is 0 Å². The van der Waals surface area contributed by atoms with E-state index >= 15 is 0 Å². The highest BCUT2D eigenvalue weighted by Crippen LogP contribution is 2.32. The van der Waals surface area contributed by atoms with E-state index in [9.17, 15) is 19.5 Å². The van der Waals surface area contributed by atoms with E-state index in [1.54, 1.807) is 11.8 Å². The topological polar surface area (TPSA) is 81.2 Å². The Labute approximate surface area is 142 Å². The molecular formula is C17H27N3O4. The molecule has 3 heterocycles. The molecule has 0 aromatic rings. The van der Waals surface area contributed by atoms with Crippen molar-refractivity contribution in [1.82, 2.24) is 14.7 Å². The van der Waals surface area contributed by atoms with E-state index in [1.807, 2.05) is 4.90 Å². The van der Waals surface area contributed by atoms with Crippen molar-refractivity contribution in [2.45, 2.75) is 51.0 Å². The average molecular weight is 337 g/mol. The molecule has 0 aliphatic carbocycles. The molecule has 24 heavy (non-hydrogen) atoms. The summed E-state index contributed by atoms with van der Waals surface area (Å²) in [5.41, 5.74) is -1.10. The molecule has 3 rings (SSSR count). The number of carbonyl (C=O) groups is 3. The van der Waals surface area contributed by atoms with E-state index in [4.69, 9.17) is 0 Å². The van der Waals surface area contributed by atoms with Crippen LogP contribution < -0.4 is 0 Å². The number of carbonyl (C=O) groups excluding carboxylic acids is 2. The fourth-order valence-corrected chi connectivity index (χ4v) is 4.22. The van der Waals surface area contributed by atoms with Crippen molar-refractivity contribution in [3.05, 3.63) is 0 Å². The summed E-state index contributed by atoms with van der Waals surface area (Å²) >= 11 is 0. The number of piperidine rings is 1. The molecule has 2 unspecified atom stereocenters. The standard InChI is InChI=1S/C17H27N3O4/c1-17(15(22)23)7-5-11-20(17)14(21)13-6-4-10-19(12-13)16(24)18-8-2-3-9-18/h13H,2-12H2,1H3,(H,22,23). The van der Waals surface area contributed by atoms with Crippen LogP contribution in [0.4, 0.5) is 4.79 Å². The second-order valence-electron chi connectivity index (χ2n) is 7.43. The Bertz CT molecular complexity index is 532. The minimum atomic E-state index is -1.10. The number of urea groups is 1. The van der Waals surface area contributed by atoms with Crippen LogP contribution in [0.3, 0.4) is 0 Å². The molecule has 0 saturated carbocycles. The molecule has 7 heteroatoms. The van der Waals surface area contributed by atoms with E-state index in [0.717, 1.165) is 45.2 Å². The van der Waals surface area contributed by atoms with E-state index < -0.39 is 11.5 Å². The lowest BCUT2D eigenvalue weighted by atomic mass is 9.93. The van der Waals surface area contributed by atoms with Gasteiger partial charge in [0.25, 0.3) is 0 Å². The van der Waals surface area contributed by atoms with Crippen LogP contribution in [0.15, 0.2) is 0 Å². The van der Waals surface area contributed by atoms with Crippen LogP contribution in [0.1, 0.15) is 45.4 Å². The molecule has 3 aliphatic heterocycles. The fourth-order valence-electron chi connectivity index (χ4n) is 4.22. The van der Waals surface area contributed by atoms with E-state index in [2.05, 4.69) is 0 Å². The van der Waals surface area contributed by atoms with Gasteiger partial charge in [-0.05, 0) is 45.4 Å². The van der Waals surface area contributed by atoms with Gasteiger partial charge in [-0.3, -0.25) is 4.79 Å². The number of aliphatic carboxylic acids is 1. The number of carboxylic acids is 1. The summed E-state index contributed by atoms with van der Waals surface area (Å²) in [5, 5.41) is 9.51. The Balaban J connectivity index is 1.67. The van der Waals surface area contributed by atoms with Gasteiger partial charge in [0.1, 0.15) is 5.54 Å². The van der Waals surface area contributed by atoms with Crippen molar-refractivity contribution >= 4 is 17.9 Å². The monoisotopic (exact) mass is 337 g/mol. The SMILES string of the molecule is CC1(C(=O)O)CCCN1C(=O)C1CCCN(C(=O)N2CCCC2)C1. The molecule has 3 aliphatic rings. The Kier molecular flexibility index (Phi) is 4.69. The second kappa shape index (κ2) is 6.61. The van der Waals surface area contributed by atoms with Crippen LogP contribution in [0, 0.1) is 5.92 Å². The zero-order valence-corrected chi connectivity index (χ0v) is 14.4. The third kappa shape index (κ3) is 2.96. The van der Waals surface area contributed by atoms with E-state index in [-0.39, 0.29) is 17.9 Å². The highest BCUT2D eigenvalue weighted by Gasteiger charge is 2.48. The van der Waals surface area contributed by atoms with E-state index in [0.29, 0.717) is 26.1 Å². The maximum absolute atomic E-state index is 12.9. The van der Waals surface area contributed by atoms with Crippen LogP contribution >= 0.6 is 0 Å². The Morgan fingerprint density at radius 2 is 1.62 bits per heavy atom. The van der Waals surface area contributed by atoms with E-state index in [1.165, 1.54) is 4.90 Å². The molecule has 0 bridgehead atoms. The number of nitrogens with zero attached hydrogens (tertiary/aromatic N) is 3. The summed E-state index contributed by atoms with van der Waals surface area (Å²) in [6, 6.07) is 0.0346. The largest absolute Gasteiger partial charge is 0.480 e. The van der Waals surface area contributed by atoms with Gasteiger partial charge in [0.2, 0.25) is 5.91 Å². The van der Waals surface area contributed by atoms with Crippen LogP contribution in [-0.2, 0) is 9.59 Å². The zero-order valence-electron chi connectivity index (χ0n) is 14.4. The molecular weight excluding hydrogens is 310 g/mol. The molecule has 0 radical (unpaired) electrons. The van der Waals surface area contributed by atoms with Gasteiger partial charge in [-0.2, -0.15) is 0 Å². The van der Waals surface area contributed by atoms with Crippen molar-refractivity contribution in [3.63, 3.8) is 0 Å². The minimum Gasteiger partial charge on any atom is -0.480 e. The molecule has 7 nitrogen and oxygen atoms in total. The first kappa shape index (κ1) is 17.0. The summed E-state index contributed by atoms with van der Waals surface area (Å²) in [6.45, 7) is 4.85. The lowest BCUT2D eigenvalue weighted by molar-refractivity contribution is -0.157. The average Bonchev–Trinajstić information content (AvgIpc) is 3.24. The summed E-state index contributed by atoms with van der Waals surface area (Å²) in [7, 11) is 0. The third-order valence-corrected chi connectivity index (χ3v) is 5.79. The number of hydrogen-bond acceptors (Lipinski definition) is 3. The van der Waals surface area contributed by atoms with Gasteiger partial charge in [-0.25, -0.2) is 9.59 Å². The highest BCUT2D eigenvalue weighted by molar-refractivity contribution is 5.89. The highest BCUT2D eigenvalue weighted by atomic mass is 16.4. The first-order chi connectivity index (χ1) is 11.4. The van der Waals surface area contributed by atoms with Gasteiger partial charge in [0.05, 0.1) is 5.92 Å². The number of hydrogen-bond donors (Lipinski definition) is 1. The van der Waals surface area contributed by atoms with Gasteiger partial charge in [0.15, 0.2) is 0 Å². The molecule has 0 aromatic carbocycles. The lowest BCUT2D eigenvalue weighted by Crippen LogP contribution is -2.55. The van der Waals surface area contributed by atoms with Crippen LogP contribution in [0.25, 0.3) is 0 Å². The Hall–Kier alpha value is -1.79. The Morgan fingerprint density at radius 3 is 2.29 bits per heavy atom. The van der Waals surface area contributed by atoms with Crippen molar-refractivity contribution in [1.29, 1.82) is 0 Å². The predicted molar refractivity (Wildman–Crippen MR) is 87.5 cm³/mol. The molecule has 3 fully saturated rings. The normalized spacial score (nSPS) is 30.7. The predicted octanol–water partition coefficient (Wildman–Crippen LogP) is 1.38. The molecule has 2 atom stereocenters. The smallest absolute Gasteiger partial charge is 0.329 e. The second-order valence-corrected chi connectivity index (χ2v) is 7.43. The maximum atomic E-state index is 12.9. The first-order valence-electron chi connectivity index (χ1n) is 9.02. The number of rotatable bonds is 2. The maximum Gasteiger partial charge on any atom is 0.329 e. The molecule has 134 valence electrons. The van der Waals surface area contributed by atoms with Crippen LogP contribution in [0.5, 0.6) is 0 Å². The quantitative estimate of drug-likeness (QED) is 0.825. The lowest BCUT2D eigenvalue weighted by Gasteiger charge is -2.39. The first-order valence-corrected chi connectivity index (χ1v) is 9.02. The number of likely N-dealkylation sites (tertiary alicyclic amines) is 3. The van der Waals surface area contributed by atoms with Gasteiger partial charge in [0, 0.05) is 32.7 Å². The molecule has 1 N–H and O–H groups in total. The molecule has 3 saturated heterocycles. The molecule has 0 aromatic heterocycles. The van der Waals surface area contributed by atoms with Gasteiger partial charge >= 0.3 is 12.0 Å². The summed E-state index contributed by atoms with van der Waals surface area (Å²) in [4.78, 5) is 42.3. The minimum absolute atomic E-state index is 0.0346. The number of amides is 3. The van der Waals surface area contributed by atoms with Crippen molar-refractivity contribution in [2.75, 3.05) is 32.7 Å². The van der Waals surface area contributed by atoms with Gasteiger partial charge in [-0.15, -0.1) is 0 Å². The Morgan fingerprint density at radius 1 is 0.958 bits per heavy atom. The third-order valence-electron chi connectivity index (χ3n) is 5.79. The van der Waals surface area contributed by atoms with Crippen molar-refractivity contribution in [3.8, 4) is 0 Å². The van der Waals surface area contributed by atoms with Crippen molar-refractivity contribution < 1.29 is 19.5 Å². The molecule has 3 amide bonds. The molecule has 0 spiro atoms. The summed E-state index contributed by atoms with van der Waals surface area (Å²) in [5.74, 6) is -1.31. The van der Waals surface area contributed by atoms with Gasteiger partial charge < -0.3 is 19.8 Å². The van der Waals surface area contributed by atoms with Crippen molar-refractivity contribution in [2.24, 2.45) is 5.92 Å². The summed E-state index contributed by atoms with van der Waals surface area (Å²) in [6.07, 6.45) is 4.84. The summed E-state index contributed by atoms with van der Waals surface area (Å²) < 4.78 is 0. The van der Waals surface area contributed by atoms with Crippen LogP contribution in [-0.4, -0.2) is 76.0 Å². The number of carboxylic acid groups (broad SMARTS) is 1.